The van der Waals surface area contributed by atoms with E-state index in [1.807, 2.05) is 27.7 Å². The highest BCUT2D eigenvalue weighted by molar-refractivity contribution is 5.73. The first-order valence-corrected chi connectivity index (χ1v) is 8.18. The molecule has 1 amide bonds. The maximum absolute atomic E-state index is 12.1. The molecule has 0 aliphatic carbocycles. The van der Waals surface area contributed by atoms with Crippen LogP contribution in [-0.2, 0) is 14.3 Å². The Labute approximate surface area is 137 Å². The number of carboxylic acid groups (broad SMARTS) is 1. The largest absolute Gasteiger partial charge is 0.481 e. The van der Waals surface area contributed by atoms with Crippen LogP contribution in [0.2, 0.25) is 0 Å². The monoisotopic (exact) mass is 328 g/mol. The molecule has 2 saturated heterocycles. The number of amides is 1. The minimum Gasteiger partial charge on any atom is -0.481 e. The molecule has 132 valence electrons. The quantitative estimate of drug-likeness (QED) is 0.847. The molecule has 2 rings (SSSR count). The van der Waals surface area contributed by atoms with Crippen molar-refractivity contribution in [3.8, 4) is 0 Å². The Bertz CT molecular complexity index is 454. The second-order valence-corrected chi connectivity index (χ2v) is 7.61. The van der Waals surface area contributed by atoms with Gasteiger partial charge in [0.1, 0.15) is 5.60 Å². The SMILES string of the molecule is CC1CN(C2(CC(=O)O)CN(C(=O)OC(C)(C)C)C2)CCCO1. The Morgan fingerprint density at radius 2 is 2.00 bits per heavy atom. The number of carboxylic acids is 1. The summed E-state index contributed by atoms with van der Waals surface area (Å²) in [6.45, 7) is 10.4. The van der Waals surface area contributed by atoms with Crippen LogP contribution in [0.4, 0.5) is 4.79 Å². The van der Waals surface area contributed by atoms with Crippen LogP contribution in [-0.4, -0.2) is 77.0 Å². The van der Waals surface area contributed by atoms with Gasteiger partial charge in [-0.1, -0.05) is 0 Å². The Kier molecular flexibility index (Phi) is 5.20. The first kappa shape index (κ1) is 18.0. The summed E-state index contributed by atoms with van der Waals surface area (Å²) in [5, 5.41) is 9.30. The van der Waals surface area contributed by atoms with Gasteiger partial charge < -0.3 is 19.5 Å². The smallest absolute Gasteiger partial charge is 0.410 e. The number of nitrogens with zero attached hydrogens (tertiary/aromatic N) is 2. The summed E-state index contributed by atoms with van der Waals surface area (Å²) in [5.41, 5.74) is -1.06. The fraction of sp³-hybridized carbons (Fsp3) is 0.875. The molecular formula is C16H28N2O5. The Balaban J connectivity index is 2.05. The standard InChI is InChI=1S/C16H28N2O5/c1-12-9-18(6-5-7-22-12)16(8-13(19)20)10-17(11-16)14(21)23-15(2,3)4/h12H,5-11H2,1-4H3,(H,19,20). The van der Waals surface area contributed by atoms with Crippen molar-refractivity contribution in [2.45, 2.75) is 57.8 Å². The van der Waals surface area contributed by atoms with Crippen LogP contribution >= 0.6 is 0 Å². The third-order valence-corrected chi connectivity index (χ3v) is 4.23. The summed E-state index contributed by atoms with van der Waals surface area (Å²) in [6, 6.07) is 0. The van der Waals surface area contributed by atoms with Gasteiger partial charge in [-0.15, -0.1) is 0 Å². The number of carbonyl (C=O) groups is 2. The van der Waals surface area contributed by atoms with Crippen LogP contribution in [0.25, 0.3) is 0 Å². The van der Waals surface area contributed by atoms with Gasteiger partial charge in [-0.25, -0.2) is 4.79 Å². The van der Waals surface area contributed by atoms with E-state index >= 15 is 0 Å². The molecule has 0 saturated carbocycles. The summed E-state index contributed by atoms with van der Waals surface area (Å²) in [4.78, 5) is 27.2. The van der Waals surface area contributed by atoms with Gasteiger partial charge in [0, 0.05) is 32.8 Å². The number of likely N-dealkylation sites (tertiary alicyclic amines) is 1. The van der Waals surface area contributed by atoms with E-state index in [4.69, 9.17) is 9.47 Å². The first-order valence-electron chi connectivity index (χ1n) is 8.18. The van der Waals surface area contributed by atoms with Crippen molar-refractivity contribution in [2.75, 3.05) is 32.8 Å². The zero-order chi connectivity index (χ0) is 17.3. The van der Waals surface area contributed by atoms with Gasteiger partial charge in [-0.2, -0.15) is 0 Å². The summed E-state index contributed by atoms with van der Waals surface area (Å²) in [7, 11) is 0. The van der Waals surface area contributed by atoms with Crippen molar-refractivity contribution in [1.29, 1.82) is 0 Å². The van der Waals surface area contributed by atoms with Crippen LogP contribution in [0.15, 0.2) is 0 Å². The molecule has 0 aromatic carbocycles. The number of carbonyl (C=O) groups excluding carboxylic acids is 1. The van der Waals surface area contributed by atoms with Crippen molar-refractivity contribution >= 4 is 12.1 Å². The lowest BCUT2D eigenvalue weighted by Gasteiger charge is -2.55. The minimum atomic E-state index is -0.841. The lowest BCUT2D eigenvalue weighted by atomic mass is 9.84. The van der Waals surface area contributed by atoms with E-state index in [-0.39, 0.29) is 18.6 Å². The zero-order valence-corrected chi connectivity index (χ0v) is 14.5. The third-order valence-electron chi connectivity index (χ3n) is 4.23. The van der Waals surface area contributed by atoms with Gasteiger partial charge in [-0.05, 0) is 34.1 Å². The first-order chi connectivity index (χ1) is 10.6. The predicted molar refractivity (Wildman–Crippen MR) is 84.4 cm³/mol. The van der Waals surface area contributed by atoms with Gasteiger partial charge in [0.05, 0.1) is 18.1 Å². The van der Waals surface area contributed by atoms with E-state index in [0.29, 0.717) is 26.2 Å². The predicted octanol–water partition coefficient (Wildman–Crippen LogP) is 1.56. The van der Waals surface area contributed by atoms with E-state index in [0.717, 1.165) is 13.0 Å². The van der Waals surface area contributed by atoms with E-state index < -0.39 is 17.1 Å². The molecule has 1 atom stereocenters. The van der Waals surface area contributed by atoms with Gasteiger partial charge >= 0.3 is 12.1 Å². The van der Waals surface area contributed by atoms with E-state index in [1.165, 1.54) is 0 Å². The van der Waals surface area contributed by atoms with Crippen molar-refractivity contribution in [2.24, 2.45) is 0 Å². The second-order valence-electron chi connectivity index (χ2n) is 7.61. The molecule has 1 unspecified atom stereocenters. The number of ether oxygens (including phenoxy) is 2. The molecule has 7 heteroatoms. The van der Waals surface area contributed by atoms with E-state index in [2.05, 4.69) is 4.90 Å². The molecule has 23 heavy (non-hydrogen) atoms. The number of hydrogen-bond acceptors (Lipinski definition) is 5. The van der Waals surface area contributed by atoms with Gasteiger partial charge in [0.15, 0.2) is 0 Å². The summed E-state index contributed by atoms with van der Waals surface area (Å²) in [5.74, 6) is -0.841. The molecule has 2 aliphatic rings. The molecule has 2 aliphatic heterocycles. The van der Waals surface area contributed by atoms with Crippen LogP contribution in [0.1, 0.15) is 40.5 Å². The van der Waals surface area contributed by atoms with Gasteiger partial charge in [0.25, 0.3) is 0 Å². The molecular weight excluding hydrogens is 300 g/mol. The molecule has 2 heterocycles. The normalized spacial score (nSPS) is 25.4. The Hall–Kier alpha value is -1.34. The van der Waals surface area contributed by atoms with Crippen LogP contribution in [0, 0.1) is 0 Å². The summed E-state index contributed by atoms with van der Waals surface area (Å²) < 4.78 is 11.0. The Morgan fingerprint density at radius 3 is 2.57 bits per heavy atom. The zero-order valence-electron chi connectivity index (χ0n) is 14.5. The second kappa shape index (κ2) is 6.65. The highest BCUT2D eigenvalue weighted by atomic mass is 16.6. The fourth-order valence-electron chi connectivity index (χ4n) is 3.25. The molecule has 7 nitrogen and oxygen atoms in total. The lowest BCUT2D eigenvalue weighted by molar-refractivity contribution is -0.146. The topological polar surface area (TPSA) is 79.3 Å². The third kappa shape index (κ3) is 4.57. The number of rotatable bonds is 3. The van der Waals surface area contributed by atoms with Crippen LogP contribution in [0.3, 0.4) is 0 Å². The minimum absolute atomic E-state index is 0.0268. The molecule has 2 fully saturated rings. The number of aliphatic carboxylic acids is 1. The van der Waals surface area contributed by atoms with Crippen molar-refractivity contribution in [3.05, 3.63) is 0 Å². The van der Waals surface area contributed by atoms with Crippen molar-refractivity contribution < 1.29 is 24.2 Å². The highest BCUT2D eigenvalue weighted by Crippen LogP contribution is 2.34. The molecule has 0 spiro atoms. The maximum Gasteiger partial charge on any atom is 0.410 e. The van der Waals surface area contributed by atoms with Crippen LogP contribution in [0.5, 0.6) is 0 Å². The van der Waals surface area contributed by atoms with Crippen LogP contribution < -0.4 is 0 Å². The molecule has 0 bridgehead atoms. The van der Waals surface area contributed by atoms with E-state index in [9.17, 15) is 14.7 Å². The lowest BCUT2D eigenvalue weighted by Crippen LogP contribution is -2.72. The fourth-order valence-corrected chi connectivity index (χ4v) is 3.25. The van der Waals surface area contributed by atoms with Crippen molar-refractivity contribution in [3.63, 3.8) is 0 Å². The molecule has 0 aromatic rings. The van der Waals surface area contributed by atoms with Gasteiger partial charge in [-0.3, -0.25) is 9.69 Å². The molecule has 0 radical (unpaired) electrons. The molecule has 1 N–H and O–H groups in total. The maximum atomic E-state index is 12.1. The highest BCUT2D eigenvalue weighted by Gasteiger charge is 2.52. The summed E-state index contributed by atoms with van der Waals surface area (Å²) >= 11 is 0. The average molecular weight is 328 g/mol. The van der Waals surface area contributed by atoms with Gasteiger partial charge in [0.2, 0.25) is 0 Å². The number of hydrogen-bond donors (Lipinski definition) is 1. The Morgan fingerprint density at radius 1 is 1.35 bits per heavy atom. The average Bonchev–Trinajstić information content (AvgIpc) is 2.55. The summed E-state index contributed by atoms with van der Waals surface area (Å²) in [6.07, 6.45) is 0.591. The molecule has 0 aromatic heterocycles. The van der Waals surface area contributed by atoms with Crippen molar-refractivity contribution in [1.82, 2.24) is 9.80 Å². The van der Waals surface area contributed by atoms with E-state index in [1.54, 1.807) is 4.90 Å².